The first-order valence-electron chi connectivity index (χ1n) is 5.30. The topological polar surface area (TPSA) is 12.0 Å². The van der Waals surface area contributed by atoms with Gasteiger partial charge in [0, 0.05) is 6.04 Å². The van der Waals surface area contributed by atoms with Crippen molar-refractivity contribution < 1.29 is 4.39 Å². The van der Waals surface area contributed by atoms with Gasteiger partial charge in [-0.15, -0.1) is 0 Å². The van der Waals surface area contributed by atoms with E-state index < -0.39 is 0 Å². The third-order valence-corrected chi connectivity index (χ3v) is 2.44. The first-order chi connectivity index (χ1) is 7.13. The van der Waals surface area contributed by atoms with Crippen molar-refractivity contribution in [1.29, 1.82) is 0 Å². The molecule has 82 valence electrons. The molecule has 0 fully saturated rings. The fraction of sp³-hybridized carbons (Fsp3) is 0.385. The van der Waals surface area contributed by atoms with Gasteiger partial charge in [0.25, 0.3) is 0 Å². The molecule has 1 aromatic carbocycles. The number of rotatable bonds is 4. The SMILES string of the molecule is CCNC(C)/C(C)=C/c1cccc(F)c1. The molecule has 0 aliphatic rings. The molecule has 0 amide bonds. The lowest BCUT2D eigenvalue weighted by atomic mass is 10.1. The Balaban J connectivity index is 2.78. The maximum atomic E-state index is 12.9. The normalized spacial score (nSPS) is 14.0. The zero-order valence-corrected chi connectivity index (χ0v) is 9.55. The molecule has 0 aromatic heterocycles. The van der Waals surface area contributed by atoms with Gasteiger partial charge in [0.05, 0.1) is 0 Å². The molecule has 1 nitrogen and oxygen atoms in total. The van der Waals surface area contributed by atoms with E-state index in [4.69, 9.17) is 0 Å². The fourth-order valence-electron chi connectivity index (χ4n) is 1.45. The lowest BCUT2D eigenvalue weighted by Gasteiger charge is -2.12. The summed E-state index contributed by atoms with van der Waals surface area (Å²) < 4.78 is 12.9. The number of nitrogens with one attached hydrogen (secondary N) is 1. The van der Waals surface area contributed by atoms with Gasteiger partial charge in [-0.3, -0.25) is 0 Å². The van der Waals surface area contributed by atoms with Crippen LogP contribution in [0.5, 0.6) is 0 Å². The fourth-order valence-corrected chi connectivity index (χ4v) is 1.45. The number of hydrogen-bond donors (Lipinski definition) is 1. The summed E-state index contributed by atoms with van der Waals surface area (Å²) in [5, 5.41) is 3.32. The lowest BCUT2D eigenvalue weighted by Crippen LogP contribution is -2.26. The third-order valence-electron chi connectivity index (χ3n) is 2.44. The third kappa shape index (κ3) is 3.84. The number of likely N-dealkylation sites (N-methyl/N-ethyl adjacent to an activating group) is 1. The van der Waals surface area contributed by atoms with Crippen molar-refractivity contribution in [1.82, 2.24) is 5.32 Å². The lowest BCUT2D eigenvalue weighted by molar-refractivity contribution is 0.627. The summed E-state index contributed by atoms with van der Waals surface area (Å²) in [5.74, 6) is -0.187. The van der Waals surface area contributed by atoms with E-state index in [2.05, 4.69) is 26.1 Å². The van der Waals surface area contributed by atoms with Crippen molar-refractivity contribution in [2.24, 2.45) is 0 Å². The van der Waals surface area contributed by atoms with E-state index in [9.17, 15) is 4.39 Å². The highest BCUT2D eigenvalue weighted by molar-refractivity contribution is 5.53. The van der Waals surface area contributed by atoms with Crippen LogP contribution in [0.4, 0.5) is 4.39 Å². The number of halogens is 1. The van der Waals surface area contributed by atoms with Crippen LogP contribution in [0.3, 0.4) is 0 Å². The van der Waals surface area contributed by atoms with Crippen LogP contribution in [-0.2, 0) is 0 Å². The molecule has 1 unspecified atom stereocenters. The Labute approximate surface area is 91.0 Å². The van der Waals surface area contributed by atoms with Crippen LogP contribution in [0.2, 0.25) is 0 Å². The van der Waals surface area contributed by atoms with Crippen molar-refractivity contribution in [3.63, 3.8) is 0 Å². The Morgan fingerprint density at radius 1 is 1.53 bits per heavy atom. The zero-order chi connectivity index (χ0) is 11.3. The largest absolute Gasteiger partial charge is 0.311 e. The molecule has 1 rings (SSSR count). The van der Waals surface area contributed by atoms with Crippen molar-refractivity contribution in [2.75, 3.05) is 6.54 Å². The predicted octanol–water partition coefficient (Wildman–Crippen LogP) is 3.23. The zero-order valence-electron chi connectivity index (χ0n) is 9.55. The molecule has 0 spiro atoms. The minimum Gasteiger partial charge on any atom is -0.311 e. The molecule has 1 atom stereocenters. The summed E-state index contributed by atoms with van der Waals surface area (Å²) in [5.41, 5.74) is 2.12. The van der Waals surface area contributed by atoms with E-state index in [0.29, 0.717) is 6.04 Å². The highest BCUT2D eigenvalue weighted by Crippen LogP contribution is 2.10. The van der Waals surface area contributed by atoms with Crippen LogP contribution < -0.4 is 5.32 Å². The van der Waals surface area contributed by atoms with E-state index in [-0.39, 0.29) is 5.82 Å². The van der Waals surface area contributed by atoms with E-state index >= 15 is 0 Å². The maximum absolute atomic E-state index is 12.9. The van der Waals surface area contributed by atoms with Crippen molar-refractivity contribution in [3.05, 3.63) is 41.2 Å². The second kappa shape index (κ2) is 5.66. The van der Waals surface area contributed by atoms with Gasteiger partial charge in [0.15, 0.2) is 0 Å². The Morgan fingerprint density at radius 2 is 2.27 bits per heavy atom. The Bertz CT molecular complexity index is 344. The average Bonchev–Trinajstić information content (AvgIpc) is 2.18. The monoisotopic (exact) mass is 207 g/mol. The number of hydrogen-bond acceptors (Lipinski definition) is 1. The molecule has 0 aliphatic heterocycles. The van der Waals surface area contributed by atoms with Crippen LogP contribution in [0.1, 0.15) is 26.3 Å². The van der Waals surface area contributed by atoms with Crippen LogP contribution in [0.25, 0.3) is 6.08 Å². The van der Waals surface area contributed by atoms with Crippen molar-refractivity contribution >= 4 is 6.08 Å². The Hall–Kier alpha value is -1.15. The van der Waals surface area contributed by atoms with Gasteiger partial charge < -0.3 is 5.32 Å². The molecule has 0 bridgehead atoms. The van der Waals surface area contributed by atoms with Crippen LogP contribution in [-0.4, -0.2) is 12.6 Å². The van der Waals surface area contributed by atoms with Gasteiger partial charge in [-0.05, 0) is 38.1 Å². The summed E-state index contributed by atoms with van der Waals surface area (Å²) in [4.78, 5) is 0. The molecule has 0 saturated heterocycles. The molecule has 0 radical (unpaired) electrons. The molecule has 15 heavy (non-hydrogen) atoms. The Kier molecular flexibility index (Phi) is 4.50. The van der Waals surface area contributed by atoms with Crippen molar-refractivity contribution in [3.8, 4) is 0 Å². The molecule has 0 aliphatic carbocycles. The number of benzene rings is 1. The molecule has 1 aromatic rings. The highest BCUT2D eigenvalue weighted by atomic mass is 19.1. The molecular formula is C13H18FN. The van der Waals surface area contributed by atoms with Gasteiger partial charge in [0.2, 0.25) is 0 Å². The van der Waals surface area contributed by atoms with E-state index in [1.54, 1.807) is 12.1 Å². The summed E-state index contributed by atoms with van der Waals surface area (Å²) in [6, 6.07) is 6.97. The van der Waals surface area contributed by atoms with Gasteiger partial charge >= 0.3 is 0 Å². The molecule has 1 N–H and O–H groups in total. The average molecular weight is 207 g/mol. The van der Waals surface area contributed by atoms with Gasteiger partial charge in [-0.2, -0.15) is 0 Å². The Morgan fingerprint density at radius 3 is 2.87 bits per heavy atom. The smallest absolute Gasteiger partial charge is 0.123 e. The maximum Gasteiger partial charge on any atom is 0.123 e. The van der Waals surface area contributed by atoms with Crippen LogP contribution >= 0.6 is 0 Å². The van der Waals surface area contributed by atoms with E-state index in [1.807, 2.05) is 12.1 Å². The first kappa shape index (κ1) is 11.9. The summed E-state index contributed by atoms with van der Waals surface area (Å²) in [6.07, 6.45) is 2.01. The van der Waals surface area contributed by atoms with E-state index in [1.165, 1.54) is 11.6 Å². The minimum atomic E-state index is -0.187. The van der Waals surface area contributed by atoms with Crippen LogP contribution in [0.15, 0.2) is 29.8 Å². The predicted molar refractivity (Wildman–Crippen MR) is 63.2 cm³/mol. The van der Waals surface area contributed by atoms with Gasteiger partial charge in [-0.25, -0.2) is 4.39 Å². The highest BCUT2D eigenvalue weighted by Gasteiger charge is 2.01. The molecular weight excluding hydrogens is 189 g/mol. The van der Waals surface area contributed by atoms with Gasteiger partial charge in [-0.1, -0.05) is 30.7 Å². The minimum absolute atomic E-state index is 0.187. The summed E-state index contributed by atoms with van der Waals surface area (Å²) in [7, 11) is 0. The molecule has 0 heterocycles. The second-order valence-electron chi connectivity index (χ2n) is 3.72. The van der Waals surface area contributed by atoms with Crippen LogP contribution in [0, 0.1) is 5.82 Å². The standard InChI is InChI=1S/C13H18FN/c1-4-15-11(3)10(2)8-12-6-5-7-13(14)9-12/h5-9,11,15H,4H2,1-3H3/b10-8+. The quantitative estimate of drug-likeness (QED) is 0.799. The summed E-state index contributed by atoms with van der Waals surface area (Å²) in [6.45, 7) is 7.17. The van der Waals surface area contributed by atoms with Gasteiger partial charge in [0.1, 0.15) is 5.82 Å². The van der Waals surface area contributed by atoms with E-state index in [0.717, 1.165) is 12.1 Å². The first-order valence-corrected chi connectivity index (χ1v) is 5.30. The summed E-state index contributed by atoms with van der Waals surface area (Å²) >= 11 is 0. The molecule has 2 heteroatoms. The second-order valence-corrected chi connectivity index (χ2v) is 3.72. The van der Waals surface area contributed by atoms with Crippen molar-refractivity contribution in [2.45, 2.75) is 26.8 Å². The molecule has 0 saturated carbocycles.